The summed E-state index contributed by atoms with van der Waals surface area (Å²) in [5.41, 5.74) is 1.43. The molecular weight excluding hydrogens is 339 g/mol. The second kappa shape index (κ2) is 6.22. The van der Waals surface area contributed by atoms with Crippen LogP contribution in [0.15, 0.2) is 54.4 Å². The molecule has 1 radical (unpaired) electrons. The second-order valence-corrected chi connectivity index (χ2v) is 4.72. The van der Waals surface area contributed by atoms with Gasteiger partial charge in [-0.15, -0.1) is 0 Å². The van der Waals surface area contributed by atoms with Gasteiger partial charge in [0.15, 0.2) is 0 Å². The van der Waals surface area contributed by atoms with Crippen molar-refractivity contribution in [2.24, 2.45) is 0 Å². The maximum atomic E-state index is 12.3. The van der Waals surface area contributed by atoms with Crippen molar-refractivity contribution in [3.63, 3.8) is 0 Å². The van der Waals surface area contributed by atoms with E-state index in [4.69, 9.17) is 11.6 Å². The molecule has 0 atom stereocenters. The number of halogens is 1. The quantitative estimate of drug-likeness (QED) is 0.848. The zero-order valence-electron chi connectivity index (χ0n) is 10.6. The number of carbonyl (C=O) groups is 2. The maximum Gasteiger partial charge on any atom is 0.211 e. The molecule has 4 nitrogen and oxygen atoms in total. The van der Waals surface area contributed by atoms with Crippen LogP contribution in [0.4, 0.5) is 5.69 Å². The number of pyridine rings is 1. The standard InChI is InChI=1S/C15H9ClN2O2.Cu/c16-9-3-5-10(6-4-9)18-12-8-13(19)14-11(15(12)20)2-1-7-17-14;/h1-8,18H;. The molecule has 0 spiro atoms. The minimum absolute atomic E-state index is 0. The Morgan fingerprint density at radius 1 is 1.05 bits per heavy atom. The van der Waals surface area contributed by atoms with Gasteiger partial charge in [0.25, 0.3) is 0 Å². The number of rotatable bonds is 2. The Morgan fingerprint density at radius 3 is 2.48 bits per heavy atom. The fraction of sp³-hybridized carbons (Fsp3) is 0. The number of carbonyl (C=O) groups excluding carboxylic acids is 2. The maximum absolute atomic E-state index is 12.3. The van der Waals surface area contributed by atoms with Crippen LogP contribution >= 0.6 is 11.6 Å². The average molecular weight is 348 g/mol. The summed E-state index contributed by atoms with van der Waals surface area (Å²) in [5, 5.41) is 3.54. The topological polar surface area (TPSA) is 59.1 Å². The molecule has 3 rings (SSSR count). The van der Waals surface area contributed by atoms with Gasteiger partial charge < -0.3 is 5.32 Å². The predicted molar refractivity (Wildman–Crippen MR) is 76.1 cm³/mol. The molecular formula is C15H9ClCuN2O2. The molecule has 0 saturated heterocycles. The van der Waals surface area contributed by atoms with E-state index in [9.17, 15) is 9.59 Å². The summed E-state index contributed by atoms with van der Waals surface area (Å²) in [6, 6.07) is 10.1. The number of benzene rings is 1. The number of ketones is 2. The van der Waals surface area contributed by atoms with Crippen LogP contribution < -0.4 is 5.32 Å². The van der Waals surface area contributed by atoms with E-state index in [1.165, 1.54) is 12.3 Å². The van der Waals surface area contributed by atoms with E-state index in [0.29, 0.717) is 16.3 Å². The Balaban J connectivity index is 0.00000161. The summed E-state index contributed by atoms with van der Waals surface area (Å²) in [4.78, 5) is 28.2. The number of nitrogens with zero attached hydrogens (tertiary/aromatic N) is 1. The number of nitrogens with one attached hydrogen (secondary N) is 1. The van der Waals surface area contributed by atoms with Crippen LogP contribution in [0.5, 0.6) is 0 Å². The second-order valence-electron chi connectivity index (χ2n) is 4.28. The molecule has 1 aliphatic rings. The summed E-state index contributed by atoms with van der Waals surface area (Å²) in [5.74, 6) is -0.528. The first-order valence-corrected chi connectivity index (χ1v) is 6.31. The van der Waals surface area contributed by atoms with Gasteiger partial charge in [0.1, 0.15) is 5.69 Å². The van der Waals surface area contributed by atoms with Crippen LogP contribution in [-0.2, 0) is 17.1 Å². The predicted octanol–water partition coefficient (Wildman–Crippen LogP) is 3.11. The zero-order valence-corrected chi connectivity index (χ0v) is 12.3. The normalized spacial score (nSPS) is 13.1. The van der Waals surface area contributed by atoms with E-state index >= 15 is 0 Å². The molecule has 1 aromatic carbocycles. The van der Waals surface area contributed by atoms with Crippen LogP contribution in [0.25, 0.3) is 0 Å². The van der Waals surface area contributed by atoms with Crippen molar-refractivity contribution in [3.8, 4) is 0 Å². The van der Waals surface area contributed by atoms with E-state index in [1.807, 2.05) is 0 Å². The van der Waals surface area contributed by atoms with Gasteiger partial charge in [0.2, 0.25) is 11.6 Å². The molecule has 2 aromatic rings. The molecule has 1 heterocycles. The first kappa shape index (κ1) is 15.4. The van der Waals surface area contributed by atoms with Gasteiger partial charge in [-0.3, -0.25) is 14.6 Å². The number of Topliss-reactive ketones (excluding diaryl/α,β-unsaturated/α-hetero) is 1. The monoisotopic (exact) mass is 347 g/mol. The first-order chi connectivity index (χ1) is 9.65. The minimum atomic E-state index is -0.281. The molecule has 0 fully saturated rings. The van der Waals surface area contributed by atoms with Crippen molar-refractivity contribution in [3.05, 3.63) is 70.6 Å². The molecule has 6 heteroatoms. The third-order valence-electron chi connectivity index (χ3n) is 2.93. The van der Waals surface area contributed by atoms with E-state index in [-0.39, 0.29) is 40.0 Å². The number of anilines is 1. The van der Waals surface area contributed by atoms with Gasteiger partial charge in [-0.05, 0) is 36.4 Å². The van der Waals surface area contributed by atoms with E-state index in [1.54, 1.807) is 36.4 Å². The summed E-state index contributed by atoms with van der Waals surface area (Å²) >= 11 is 5.80. The van der Waals surface area contributed by atoms with Gasteiger partial charge in [0, 0.05) is 40.1 Å². The molecule has 0 unspecified atom stereocenters. The third kappa shape index (κ3) is 3.05. The van der Waals surface area contributed by atoms with Crippen molar-refractivity contribution < 1.29 is 26.7 Å². The van der Waals surface area contributed by atoms with Gasteiger partial charge in [0.05, 0.1) is 11.3 Å². The molecule has 1 N–H and O–H groups in total. The number of aromatic nitrogens is 1. The fourth-order valence-corrected chi connectivity index (χ4v) is 2.10. The Bertz CT molecular complexity index is 742. The van der Waals surface area contributed by atoms with Gasteiger partial charge >= 0.3 is 0 Å². The average Bonchev–Trinajstić information content (AvgIpc) is 2.47. The smallest absolute Gasteiger partial charge is 0.211 e. The molecule has 21 heavy (non-hydrogen) atoms. The van der Waals surface area contributed by atoms with Crippen LogP contribution in [0.3, 0.4) is 0 Å². The Morgan fingerprint density at radius 2 is 1.76 bits per heavy atom. The summed E-state index contributed by atoms with van der Waals surface area (Å²) < 4.78 is 0. The van der Waals surface area contributed by atoms with Gasteiger partial charge in [-0.2, -0.15) is 0 Å². The van der Waals surface area contributed by atoms with Crippen LogP contribution in [0.2, 0.25) is 5.02 Å². The SMILES string of the molecule is O=C1C(Nc2ccc(Cl)cc2)=CC(=O)c2ncccc21.[Cu]. The van der Waals surface area contributed by atoms with E-state index in [0.717, 1.165) is 0 Å². The fourth-order valence-electron chi connectivity index (χ4n) is 1.98. The van der Waals surface area contributed by atoms with Gasteiger partial charge in [-0.1, -0.05) is 11.6 Å². The van der Waals surface area contributed by atoms with E-state index < -0.39 is 0 Å². The Kier molecular flexibility index (Phi) is 4.58. The van der Waals surface area contributed by atoms with Crippen molar-refractivity contribution in [1.29, 1.82) is 0 Å². The van der Waals surface area contributed by atoms with E-state index in [2.05, 4.69) is 10.3 Å². The van der Waals surface area contributed by atoms with Crippen LogP contribution in [0.1, 0.15) is 20.8 Å². The van der Waals surface area contributed by atoms with Crippen molar-refractivity contribution in [1.82, 2.24) is 4.98 Å². The molecule has 0 bridgehead atoms. The van der Waals surface area contributed by atoms with Gasteiger partial charge in [-0.25, -0.2) is 0 Å². The largest absolute Gasteiger partial charge is 0.352 e. The number of hydrogen-bond donors (Lipinski definition) is 1. The minimum Gasteiger partial charge on any atom is -0.352 e. The first-order valence-electron chi connectivity index (χ1n) is 5.93. The molecule has 109 valence electrons. The van der Waals surface area contributed by atoms with Crippen LogP contribution in [0, 0.1) is 0 Å². The summed E-state index contributed by atoms with van der Waals surface area (Å²) in [6.07, 6.45) is 2.77. The molecule has 1 aromatic heterocycles. The molecule has 1 aliphatic carbocycles. The molecule has 0 aliphatic heterocycles. The zero-order chi connectivity index (χ0) is 14.1. The number of allylic oxidation sites excluding steroid dienone is 2. The number of hydrogen-bond acceptors (Lipinski definition) is 4. The number of fused-ring (bicyclic) bond motifs is 1. The van der Waals surface area contributed by atoms with Crippen molar-refractivity contribution in [2.75, 3.05) is 5.32 Å². The van der Waals surface area contributed by atoms with Crippen LogP contribution in [-0.4, -0.2) is 16.6 Å². The van der Waals surface area contributed by atoms with Crippen molar-refractivity contribution >= 4 is 28.9 Å². The third-order valence-corrected chi connectivity index (χ3v) is 3.18. The Labute approximate surface area is 136 Å². The Hall–Kier alpha value is -1.94. The van der Waals surface area contributed by atoms with Crippen molar-refractivity contribution in [2.45, 2.75) is 0 Å². The molecule has 0 saturated carbocycles. The summed E-state index contributed by atoms with van der Waals surface area (Å²) in [6.45, 7) is 0. The molecule has 0 amide bonds. The summed E-state index contributed by atoms with van der Waals surface area (Å²) in [7, 11) is 0.